The van der Waals surface area contributed by atoms with Crippen molar-refractivity contribution < 1.29 is 4.39 Å². The van der Waals surface area contributed by atoms with Gasteiger partial charge in [0.05, 0.1) is 0 Å². The fraction of sp³-hybridized carbons (Fsp3) is 0.500. The number of halogens is 1. The second-order valence-electron chi connectivity index (χ2n) is 3.35. The molecule has 0 radical (unpaired) electrons. The van der Waals surface area contributed by atoms with Crippen LogP contribution in [0.5, 0.6) is 0 Å². The average molecular weight is 259 g/mol. The summed E-state index contributed by atoms with van der Waals surface area (Å²) in [6.07, 6.45) is 3.37. The van der Waals surface area contributed by atoms with Gasteiger partial charge in [0.15, 0.2) is 0 Å². The molecule has 14 heavy (non-hydrogen) atoms. The molecule has 0 saturated heterocycles. The van der Waals surface area contributed by atoms with Gasteiger partial charge in [-0.15, -0.1) is 0 Å². The van der Waals surface area contributed by atoms with Crippen LogP contribution in [-0.2, 0) is 0 Å². The Morgan fingerprint density at radius 2 is 2.00 bits per heavy atom. The van der Waals surface area contributed by atoms with E-state index in [-0.39, 0.29) is 11.5 Å². The molecule has 2 heteroatoms. The Bertz CT molecular complexity index is 235. The summed E-state index contributed by atoms with van der Waals surface area (Å²) >= 11 is 0.311. The molecule has 1 atom stereocenters. The first kappa shape index (κ1) is 11.7. The van der Waals surface area contributed by atoms with Crippen LogP contribution in [0.25, 0.3) is 0 Å². The first-order valence-corrected chi connectivity index (χ1v) is 6.99. The van der Waals surface area contributed by atoms with Gasteiger partial charge in [0.25, 0.3) is 0 Å². The van der Waals surface area contributed by atoms with E-state index < -0.39 is 0 Å². The van der Waals surface area contributed by atoms with Crippen LogP contribution in [0.4, 0.5) is 4.39 Å². The molecule has 1 unspecified atom stereocenters. The second-order valence-corrected chi connectivity index (χ2v) is 6.23. The minimum absolute atomic E-state index is 0.158. The van der Waals surface area contributed by atoms with Crippen LogP contribution in [0.2, 0.25) is 4.82 Å². The van der Waals surface area contributed by atoms with Crippen LogP contribution >= 0.6 is 0 Å². The number of rotatable bonds is 6. The zero-order valence-corrected chi connectivity index (χ0v) is 10.3. The molecule has 0 aliphatic carbocycles. The quantitative estimate of drug-likeness (QED) is 0.689. The van der Waals surface area contributed by atoms with E-state index in [2.05, 4.69) is 19.1 Å². The van der Waals surface area contributed by atoms with Crippen molar-refractivity contribution in [1.82, 2.24) is 0 Å². The molecule has 0 aliphatic heterocycles. The van der Waals surface area contributed by atoms with Gasteiger partial charge in [-0.3, -0.25) is 0 Å². The Morgan fingerprint density at radius 1 is 1.29 bits per heavy atom. The van der Waals surface area contributed by atoms with Crippen molar-refractivity contribution in [2.75, 3.05) is 6.67 Å². The summed E-state index contributed by atoms with van der Waals surface area (Å²) < 4.78 is 14.0. The fourth-order valence-corrected chi connectivity index (χ4v) is 3.49. The molecule has 1 rings (SSSR count). The molecular formula is C12H17FSe. The van der Waals surface area contributed by atoms with E-state index in [0.29, 0.717) is 15.0 Å². The molecule has 0 amide bonds. The molecular weight excluding hydrogens is 242 g/mol. The first-order chi connectivity index (χ1) is 6.86. The van der Waals surface area contributed by atoms with Crippen molar-refractivity contribution >= 4 is 19.4 Å². The number of benzene rings is 1. The minimum atomic E-state index is -0.158. The molecule has 0 fully saturated rings. The van der Waals surface area contributed by atoms with E-state index in [9.17, 15) is 4.39 Å². The van der Waals surface area contributed by atoms with E-state index in [0.717, 1.165) is 12.8 Å². The monoisotopic (exact) mass is 260 g/mol. The van der Waals surface area contributed by atoms with Gasteiger partial charge in [-0.2, -0.15) is 0 Å². The maximum atomic E-state index is 12.7. The normalized spacial score (nSPS) is 12.7. The van der Waals surface area contributed by atoms with Gasteiger partial charge in [-0.25, -0.2) is 0 Å². The Kier molecular flexibility index (Phi) is 5.89. The topological polar surface area (TPSA) is 0 Å². The molecule has 0 bridgehead atoms. The van der Waals surface area contributed by atoms with E-state index >= 15 is 0 Å². The maximum absolute atomic E-state index is 12.7. The van der Waals surface area contributed by atoms with Gasteiger partial charge in [0, 0.05) is 0 Å². The summed E-state index contributed by atoms with van der Waals surface area (Å²) in [5.74, 6) is 0. The third kappa shape index (κ3) is 4.25. The molecule has 1 aromatic carbocycles. The Hall–Kier alpha value is -0.331. The predicted octanol–water partition coefficient (Wildman–Crippen LogP) is 2.96. The zero-order chi connectivity index (χ0) is 10.2. The predicted molar refractivity (Wildman–Crippen MR) is 61.1 cm³/mol. The Morgan fingerprint density at radius 3 is 2.57 bits per heavy atom. The van der Waals surface area contributed by atoms with Gasteiger partial charge >= 0.3 is 91.8 Å². The third-order valence-electron chi connectivity index (χ3n) is 2.10. The standard InChI is InChI=1S/C12H17FSe/c1-2-3-7-12(10-13)14-11-8-5-4-6-9-11/h4-6,8-9,12H,2-3,7,10H2,1H3. The second kappa shape index (κ2) is 7.03. The van der Waals surface area contributed by atoms with Crippen molar-refractivity contribution in [2.45, 2.75) is 31.0 Å². The van der Waals surface area contributed by atoms with Gasteiger partial charge < -0.3 is 0 Å². The summed E-state index contributed by atoms with van der Waals surface area (Å²) in [5.41, 5.74) is 0. The molecule has 0 N–H and O–H groups in total. The zero-order valence-electron chi connectivity index (χ0n) is 8.58. The molecule has 1 aromatic rings. The van der Waals surface area contributed by atoms with E-state index in [1.165, 1.54) is 10.9 Å². The summed E-state index contributed by atoms with van der Waals surface area (Å²) in [4.78, 5) is 0.282. The molecule has 78 valence electrons. The van der Waals surface area contributed by atoms with E-state index in [1.807, 2.05) is 18.2 Å². The van der Waals surface area contributed by atoms with Gasteiger partial charge in [0.2, 0.25) is 0 Å². The van der Waals surface area contributed by atoms with Crippen molar-refractivity contribution in [2.24, 2.45) is 0 Å². The van der Waals surface area contributed by atoms with Crippen LogP contribution in [0.1, 0.15) is 26.2 Å². The number of unbranched alkanes of at least 4 members (excludes halogenated alkanes) is 1. The fourth-order valence-electron chi connectivity index (χ4n) is 1.29. The Labute approximate surface area is 92.1 Å². The summed E-state index contributed by atoms with van der Waals surface area (Å²) in [7, 11) is 0. The van der Waals surface area contributed by atoms with Crippen LogP contribution in [0.3, 0.4) is 0 Å². The van der Waals surface area contributed by atoms with Crippen LogP contribution in [0, 0.1) is 0 Å². The van der Waals surface area contributed by atoms with Crippen LogP contribution < -0.4 is 4.46 Å². The molecule has 0 aliphatic rings. The van der Waals surface area contributed by atoms with Gasteiger partial charge in [0.1, 0.15) is 0 Å². The number of hydrogen-bond donors (Lipinski definition) is 0. The number of alkyl halides is 1. The van der Waals surface area contributed by atoms with Crippen LogP contribution in [-0.4, -0.2) is 21.6 Å². The summed E-state index contributed by atoms with van der Waals surface area (Å²) in [6, 6.07) is 10.3. The Balaban J connectivity index is 2.40. The van der Waals surface area contributed by atoms with Crippen molar-refractivity contribution in [3.63, 3.8) is 0 Å². The van der Waals surface area contributed by atoms with Crippen LogP contribution in [0.15, 0.2) is 30.3 Å². The number of hydrogen-bond acceptors (Lipinski definition) is 0. The van der Waals surface area contributed by atoms with Gasteiger partial charge in [-0.1, -0.05) is 0 Å². The first-order valence-electron chi connectivity index (χ1n) is 5.14. The van der Waals surface area contributed by atoms with Crippen molar-refractivity contribution in [3.05, 3.63) is 30.3 Å². The summed E-state index contributed by atoms with van der Waals surface area (Å²) in [6.45, 7) is 2.00. The van der Waals surface area contributed by atoms with Crippen molar-refractivity contribution in [3.8, 4) is 0 Å². The molecule has 0 aromatic heterocycles. The van der Waals surface area contributed by atoms with Crippen molar-refractivity contribution in [1.29, 1.82) is 0 Å². The third-order valence-corrected chi connectivity index (χ3v) is 4.70. The molecule has 0 heterocycles. The molecule has 0 saturated carbocycles. The van der Waals surface area contributed by atoms with E-state index in [1.54, 1.807) is 0 Å². The molecule has 0 spiro atoms. The SMILES string of the molecule is CCCCC(CF)[Se]c1ccccc1. The molecule has 0 nitrogen and oxygen atoms in total. The van der Waals surface area contributed by atoms with E-state index in [4.69, 9.17) is 0 Å². The average Bonchev–Trinajstić information content (AvgIpc) is 2.25. The summed E-state index contributed by atoms with van der Waals surface area (Å²) in [5, 5.41) is 0. The van der Waals surface area contributed by atoms with Gasteiger partial charge in [-0.05, 0) is 0 Å².